The van der Waals surface area contributed by atoms with Crippen LogP contribution in [0.3, 0.4) is 0 Å². The van der Waals surface area contributed by atoms with E-state index in [1.165, 1.54) is 0 Å². The van der Waals surface area contributed by atoms with E-state index in [0.717, 1.165) is 23.1 Å². The molecule has 0 aromatic heterocycles. The highest BCUT2D eigenvalue weighted by Crippen LogP contribution is 2.39. The van der Waals surface area contributed by atoms with Crippen molar-refractivity contribution in [2.75, 3.05) is 0 Å². The largest absolute Gasteiger partial charge is 0.481 e. The normalized spacial score (nSPS) is 17.8. The van der Waals surface area contributed by atoms with Crippen LogP contribution in [0.25, 0.3) is 0 Å². The van der Waals surface area contributed by atoms with Gasteiger partial charge in [-0.25, -0.2) is 0 Å². The summed E-state index contributed by atoms with van der Waals surface area (Å²) in [5.74, 6) is -0.857. The van der Waals surface area contributed by atoms with Crippen LogP contribution in [-0.4, -0.2) is 16.9 Å². The molecule has 3 nitrogen and oxygen atoms in total. The zero-order valence-electron chi connectivity index (χ0n) is 11.2. The van der Waals surface area contributed by atoms with Crippen LogP contribution in [0.1, 0.15) is 47.5 Å². The SMILES string of the molecule is CC1=C(C)C(=O)C(C(C)(C)CC(=O)O)=C(C)C1. The molecular weight excluding hydrogens is 216 g/mol. The summed E-state index contributed by atoms with van der Waals surface area (Å²) in [5.41, 5.74) is 2.94. The Hall–Kier alpha value is -1.38. The molecule has 0 atom stereocenters. The molecule has 0 spiro atoms. The number of carbonyl (C=O) groups is 2. The maximum atomic E-state index is 12.3. The van der Waals surface area contributed by atoms with Crippen molar-refractivity contribution in [2.24, 2.45) is 5.41 Å². The van der Waals surface area contributed by atoms with Gasteiger partial charge in [-0.3, -0.25) is 9.59 Å². The lowest BCUT2D eigenvalue weighted by Crippen LogP contribution is -2.28. The van der Waals surface area contributed by atoms with Crippen molar-refractivity contribution in [1.29, 1.82) is 0 Å². The first kappa shape index (κ1) is 13.7. The van der Waals surface area contributed by atoms with Crippen LogP contribution in [0.15, 0.2) is 22.3 Å². The fourth-order valence-electron chi connectivity index (χ4n) is 2.55. The van der Waals surface area contributed by atoms with Gasteiger partial charge < -0.3 is 5.11 Å². The third-order valence-electron chi connectivity index (χ3n) is 3.43. The fraction of sp³-hybridized carbons (Fsp3) is 0.571. The minimum absolute atomic E-state index is 0.0116. The minimum atomic E-state index is -0.868. The van der Waals surface area contributed by atoms with Crippen LogP contribution in [0.2, 0.25) is 0 Å². The molecule has 0 saturated carbocycles. The number of rotatable bonds is 3. The van der Waals surface area contributed by atoms with Crippen LogP contribution in [0, 0.1) is 5.41 Å². The lowest BCUT2D eigenvalue weighted by Gasteiger charge is -2.31. The number of Topliss-reactive ketones (excluding diaryl/α,β-unsaturated/α-hetero) is 1. The molecule has 0 aliphatic heterocycles. The van der Waals surface area contributed by atoms with E-state index >= 15 is 0 Å². The average Bonchev–Trinajstić information content (AvgIpc) is 2.11. The molecule has 1 aliphatic carbocycles. The molecule has 0 bridgehead atoms. The van der Waals surface area contributed by atoms with E-state index in [1.54, 1.807) is 0 Å². The Morgan fingerprint density at radius 3 is 2.24 bits per heavy atom. The van der Waals surface area contributed by atoms with E-state index in [1.807, 2.05) is 34.6 Å². The third-order valence-corrected chi connectivity index (χ3v) is 3.43. The number of aliphatic carboxylic acids is 1. The van der Waals surface area contributed by atoms with Gasteiger partial charge in [0.15, 0.2) is 5.78 Å². The highest BCUT2D eigenvalue weighted by molar-refractivity contribution is 6.10. The molecular formula is C14H20O3. The molecule has 0 aromatic rings. The minimum Gasteiger partial charge on any atom is -0.481 e. The second-order valence-corrected chi connectivity index (χ2v) is 5.52. The van der Waals surface area contributed by atoms with Crippen molar-refractivity contribution in [1.82, 2.24) is 0 Å². The van der Waals surface area contributed by atoms with Gasteiger partial charge in [0.05, 0.1) is 6.42 Å². The van der Waals surface area contributed by atoms with E-state index in [2.05, 4.69) is 0 Å². The van der Waals surface area contributed by atoms with Gasteiger partial charge in [-0.2, -0.15) is 0 Å². The molecule has 0 unspecified atom stereocenters. The Bertz CT molecular complexity index is 436. The lowest BCUT2D eigenvalue weighted by molar-refractivity contribution is -0.138. The number of ketones is 1. The summed E-state index contributed by atoms with van der Waals surface area (Å²) in [6.07, 6.45) is 0.758. The molecule has 17 heavy (non-hydrogen) atoms. The number of hydrogen-bond donors (Lipinski definition) is 1. The Balaban J connectivity index is 3.18. The molecule has 1 rings (SSSR count). The lowest BCUT2D eigenvalue weighted by atomic mass is 9.72. The standard InChI is InChI=1S/C14H20O3/c1-8-6-9(2)12(13(17)10(8)3)14(4,5)7-11(15)16/h6-7H2,1-5H3,(H,15,16). The van der Waals surface area contributed by atoms with Gasteiger partial charge in [0.25, 0.3) is 0 Å². The summed E-state index contributed by atoms with van der Waals surface area (Å²) in [5, 5.41) is 8.92. The first-order valence-corrected chi connectivity index (χ1v) is 5.80. The third kappa shape index (κ3) is 2.65. The van der Waals surface area contributed by atoms with Crippen molar-refractivity contribution in [3.8, 4) is 0 Å². The van der Waals surface area contributed by atoms with Gasteiger partial charge in [0.2, 0.25) is 0 Å². The molecule has 3 heteroatoms. The van der Waals surface area contributed by atoms with Crippen LogP contribution in [0.5, 0.6) is 0 Å². The predicted octanol–water partition coefficient (Wildman–Crippen LogP) is 3.11. The first-order chi connectivity index (χ1) is 7.66. The van der Waals surface area contributed by atoms with Crippen molar-refractivity contribution in [2.45, 2.75) is 47.5 Å². The number of carbonyl (C=O) groups excluding carboxylic acids is 1. The summed E-state index contributed by atoms with van der Waals surface area (Å²) < 4.78 is 0. The molecule has 94 valence electrons. The maximum absolute atomic E-state index is 12.3. The van der Waals surface area contributed by atoms with Gasteiger partial charge in [-0.15, -0.1) is 0 Å². The van der Waals surface area contributed by atoms with Gasteiger partial charge in [0.1, 0.15) is 0 Å². The van der Waals surface area contributed by atoms with Crippen LogP contribution >= 0.6 is 0 Å². The molecule has 0 radical (unpaired) electrons. The summed E-state index contributed by atoms with van der Waals surface area (Å²) in [6, 6.07) is 0. The highest BCUT2D eigenvalue weighted by atomic mass is 16.4. The number of hydrogen-bond acceptors (Lipinski definition) is 2. The van der Waals surface area contributed by atoms with Gasteiger partial charge in [-0.1, -0.05) is 25.0 Å². The molecule has 0 amide bonds. The van der Waals surface area contributed by atoms with E-state index in [0.29, 0.717) is 5.57 Å². The Kier molecular flexibility index (Phi) is 3.60. The molecule has 0 fully saturated rings. The Morgan fingerprint density at radius 2 is 1.76 bits per heavy atom. The second-order valence-electron chi connectivity index (χ2n) is 5.52. The molecule has 1 N–H and O–H groups in total. The van der Waals surface area contributed by atoms with E-state index in [-0.39, 0.29) is 12.2 Å². The van der Waals surface area contributed by atoms with Crippen LogP contribution in [-0.2, 0) is 9.59 Å². The molecule has 0 saturated heterocycles. The number of carboxylic acid groups (broad SMARTS) is 1. The Labute approximate surface area is 102 Å². The van der Waals surface area contributed by atoms with Crippen molar-refractivity contribution in [3.63, 3.8) is 0 Å². The maximum Gasteiger partial charge on any atom is 0.304 e. The average molecular weight is 236 g/mol. The predicted molar refractivity (Wildman–Crippen MR) is 66.7 cm³/mol. The molecule has 0 heterocycles. The zero-order valence-corrected chi connectivity index (χ0v) is 11.2. The highest BCUT2D eigenvalue weighted by Gasteiger charge is 2.35. The number of carboxylic acids is 1. The van der Waals surface area contributed by atoms with E-state index < -0.39 is 11.4 Å². The summed E-state index contributed by atoms with van der Waals surface area (Å²) >= 11 is 0. The van der Waals surface area contributed by atoms with Crippen molar-refractivity contribution >= 4 is 11.8 Å². The zero-order chi connectivity index (χ0) is 13.4. The summed E-state index contributed by atoms with van der Waals surface area (Å²) in [6.45, 7) is 9.35. The quantitative estimate of drug-likeness (QED) is 0.819. The van der Waals surface area contributed by atoms with Gasteiger partial charge in [-0.05, 0) is 32.8 Å². The topological polar surface area (TPSA) is 54.4 Å². The monoisotopic (exact) mass is 236 g/mol. The smallest absolute Gasteiger partial charge is 0.304 e. The Morgan fingerprint density at radius 1 is 1.24 bits per heavy atom. The van der Waals surface area contributed by atoms with Crippen molar-refractivity contribution < 1.29 is 14.7 Å². The fourth-order valence-corrected chi connectivity index (χ4v) is 2.55. The van der Waals surface area contributed by atoms with Gasteiger partial charge >= 0.3 is 5.97 Å². The second kappa shape index (κ2) is 4.47. The van der Waals surface area contributed by atoms with E-state index in [4.69, 9.17) is 5.11 Å². The van der Waals surface area contributed by atoms with Gasteiger partial charge in [0, 0.05) is 11.0 Å². The number of allylic oxidation sites excluding steroid dienone is 4. The summed E-state index contributed by atoms with van der Waals surface area (Å²) in [4.78, 5) is 23.1. The van der Waals surface area contributed by atoms with Crippen LogP contribution < -0.4 is 0 Å². The first-order valence-electron chi connectivity index (χ1n) is 5.80. The van der Waals surface area contributed by atoms with Crippen molar-refractivity contribution in [3.05, 3.63) is 22.3 Å². The van der Waals surface area contributed by atoms with Crippen LogP contribution in [0.4, 0.5) is 0 Å². The molecule has 0 aromatic carbocycles. The van der Waals surface area contributed by atoms with E-state index in [9.17, 15) is 9.59 Å². The molecule has 1 aliphatic rings. The summed E-state index contributed by atoms with van der Waals surface area (Å²) in [7, 11) is 0.